The topological polar surface area (TPSA) is 60.4 Å². The number of anilines is 1. The van der Waals surface area contributed by atoms with Gasteiger partial charge in [-0.05, 0) is 43.9 Å². The van der Waals surface area contributed by atoms with E-state index in [0.29, 0.717) is 6.61 Å². The first kappa shape index (κ1) is 21.4. The Kier molecular flexibility index (Phi) is 7.75. The minimum Gasteiger partial charge on any atom is -0.378 e. The number of amides is 1. The second-order valence-corrected chi connectivity index (χ2v) is 7.86. The highest BCUT2D eigenvalue weighted by molar-refractivity contribution is 5.82. The lowest BCUT2D eigenvalue weighted by atomic mass is 10.1. The third-order valence-corrected chi connectivity index (χ3v) is 5.55. The quantitative estimate of drug-likeness (QED) is 0.579. The van der Waals surface area contributed by atoms with E-state index >= 15 is 0 Å². The van der Waals surface area contributed by atoms with Crippen LogP contribution < -0.4 is 10.2 Å². The highest BCUT2D eigenvalue weighted by Gasteiger charge is 2.30. The van der Waals surface area contributed by atoms with Gasteiger partial charge in [-0.2, -0.15) is 0 Å². The average molecular weight is 402 g/mol. The molecule has 7 nitrogen and oxygen atoms in total. The van der Waals surface area contributed by atoms with E-state index in [1.807, 2.05) is 4.90 Å². The highest BCUT2D eigenvalue weighted by Crippen LogP contribution is 2.16. The molecule has 1 aromatic carbocycles. The minimum atomic E-state index is -0.220. The van der Waals surface area contributed by atoms with Crippen LogP contribution in [0, 0.1) is 0 Å². The zero-order valence-electron chi connectivity index (χ0n) is 18.1. The number of rotatable bonds is 6. The van der Waals surface area contributed by atoms with Gasteiger partial charge in [0.05, 0.1) is 0 Å². The van der Waals surface area contributed by atoms with Crippen LogP contribution in [0.5, 0.6) is 0 Å². The fraction of sp³-hybridized carbons (Fsp3) is 0.636. The van der Waals surface area contributed by atoms with Crippen molar-refractivity contribution in [2.45, 2.75) is 32.3 Å². The normalized spacial score (nSPS) is 20.1. The number of benzene rings is 1. The number of piperazine rings is 1. The summed E-state index contributed by atoms with van der Waals surface area (Å²) in [6.45, 7) is 7.47. The van der Waals surface area contributed by atoms with Gasteiger partial charge in [-0.25, -0.2) is 0 Å². The molecule has 2 fully saturated rings. The molecule has 160 valence electrons. The lowest BCUT2D eigenvalue weighted by Gasteiger charge is -2.37. The number of nitrogens with zero attached hydrogens (tertiary/aromatic N) is 4. The van der Waals surface area contributed by atoms with Crippen molar-refractivity contribution in [3.8, 4) is 0 Å². The molecule has 1 N–H and O–H groups in total. The minimum absolute atomic E-state index is 0.158. The molecule has 0 aliphatic carbocycles. The predicted molar refractivity (Wildman–Crippen MR) is 118 cm³/mol. The van der Waals surface area contributed by atoms with Gasteiger partial charge in [-0.15, -0.1) is 0 Å². The van der Waals surface area contributed by atoms with Crippen molar-refractivity contribution in [2.24, 2.45) is 4.99 Å². The fourth-order valence-corrected chi connectivity index (χ4v) is 3.79. The van der Waals surface area contributed by atoms with Crippen LogP contribution in [0.1, 0.15) is 25.3 Å². The summed E-state index contributed by atoms with van der Waals surface area (Å²) < 4.78 is 5.55. The maximum atomic E-state index is 12.5. The maximum absolute atomic E-state index is 12.5. The SMILES string of the molecule is CCNC(=NCCc1ccc(N(C)C)cc1)N1CCN(C(=O)C2CCCO2)CC1. The first-order valence-corrected chi connectivity index (χ1v) is 10.8. The van der Waals surface area contributed by atoms with Gasteiger partial charge in [-0.3, -0.25) is 9.79 Å². The molecule has 1 atom stereocenters. The van der Waals surface area contributed by atoms with Crippen LogP contribution >= 0.6 is 0 Å². The number of hydrogen-bond acceptors (Lipinski definition) is 4. The number of aliphatic imine (C=N–C) groups is 1. The largest absolute Gasteiger partial charge is 0.378 e. The van der Waals surface area contributed by atoms with Crippen molar-refractivity contribution in [3.63, 3.8) is 0 Å². The average Bonchev–Trinajstić information content (AvgIpc) is 3.28. The molecule has 0 saturated carbocycles. The summed E-state index contributed by atoms with van der Waals surface area (Å²) in [5.41, 5.74) is 2.50. The number of hydrogen-bond donors (Lipinski definition) is 1. The Hall–Kier alpha value is -2.28. The standard InChI is InChI=1S/C22H35N5O2/c1-4-23-22(24-12-11-18-7-9-19(10-8-18)25(2)3)27-15-13-26(14-16-27)21(28)20-6-5-17-29-20/h7-10,20H,4-6,11-17H2,1-3H3,(H,23,24). The second kappa shape index (κ2) is 10.5. The van der Waals surface area contributed by atoms with Crippen LogP contribution in [0.3, 0.4) is 0 Å². The third kappa shape index (κ3) is 5.85. The molecular formula is C22H35N5O2. The molecule has 0 bridgehead atoms. The third-order valence-electron chi connectivity index (χ3n) is 5.55. The van der Waals surface area contributed by atoms with E-state index in [0.717, 1.165) is 64.5 Å². The highest BCUT2D eigenvalue weighted by atomic mass is 16.5. The molecule has 0 aromatic heterocycles. The number of carbonyl (C=O) groups is 1. The van der Waals surface area contributed by atoms with Gasteiger partial charge in [0.1, 0.15) is 6.10 Å². The molecule has 2 aliphatic heterocycles. The Balaban J connectivity index is 1.50. The second-order valence-electron chi connectivity index (χ2n) is 7.86. The molecule has 0 spiro atoms. The molecule has 3 rings (SSSR count). The first-order chi connectivity index (χ1) is 14.1. The predicted octanol–water partition coefficient (Wildman–Crippen LogP) is 1.58. The molecule has 2 aliphatic rings. The lowest BCUT2D eigenvalue weighted by molar-refractivity contribution is -0.142. The molecule has 1 unspecified atom stereocenters. The van der Waals surface area contributed by atoms with Crippen LogP contribution in [-0.2, 0) is 16.0 Å². The van der Waals surface area contributed by atoms with Crippen molar-refractivity contribution < 1.29 is 9.53 Å². The smallest absolute Gasteiger partial charge is 0.251 e. The Bertz CT molecular complexity index is 675. The number of carbonyl (C=O) groups excluding carboxylic acids is 1. The van der Waals surface area contributed by atoms with Gasteiger partial charge < -0.3 is 24.8 Å². The van der Waals surface area contributed by atoms with Crippen molar-refractivity contribution in [1.82, 2.24) is 15.1 Å². The number of guanidine groups is 1. The summed E-state index contributed by atoms with van der Waals surface area (Å²) in [7, 11) is 4.10. The van der Waals surface area contributed by atoms with E-state index in [4.69, 9.17) is 9.73 Å². The fourth-order valence-electron chi connectivity index (χ4n) is 3.79. The van der Waals surface area contributed by atoms with E-state index < -0.39 is 0 Å². The summed E-state index contributed by atoms with van der Waals surface area (Å²) in [5, 5.41) is 3.40. The van der Waals surface area contributed by atoms with Crippen LogP contribution in [0.4, 0.5) is 5.69 Å². The Morgan fingerprint density at radius 1 is 1.17 bits per heavy atom. The molecule has 29 heavy (non-hydrogen) atoms. The first-order valence-electron chi connectivity index (χ1n) is 10.8. The Labute approximate surface area is 174 Å². The monoisotopic (exact) mass is 401 g/mol. The molecule has 2 heterocycles. The van der Waals surface area contributed by atoms with Crippen LogP contribution in [0.2, 0.25) is 0 Å². The van der Waals surface area contributed by atoms with Crippen LogP contribution in [-0.4, -0.2) is 87.7 Å². The van der Waals surface area contributed by atoms with Crippen molar-refractivity contribution >= 4 is 17.6 Å². The van der Waals surface area contributed by atoms with Gasteiger partial charge in [-0.1, -0.05) is 12.1 Å². The Morgan fingerprint density at radius 3 is 2.45 bits per heavy atom. The molecule has 1 aromatic rings. The van der Waals surface area contributed by atoms with Gasteiger partial charge >= 0.3 is 0 Å². The molecule has 1 amide bonds. The van der Waals surface area contributed by atoms with E-state index in [1.54, 1.807) is 0 Å². The summed E-state index contributed by atoms with van der Waals surface area (Å²) in [5.74, 6) is 1.10. The molecule has 0 radical (unpaired) electrons. The summed E-state index contributed by atoms with van der Waals surface area (Å²) in [4.78, 5) is 23.7. The molecule has 7 heteroatoms. The van der Waals surface area contributed by atoms with Crippen molar-refractivity contribution in [2.75, 3.05) is 64.9 Å². The summed E-state index contributed by atoms with van der Waals surface area (Å²) >= 11 is 0. The number of nitrogens with one attached hydrogen (secondary N) is 1. The van der Waals surface area contributed by atoms with Crippen molar-refractivity contribution in [3.05, 3.63) is 29.8 Å². The van der Waals surface area contributed by atoms with Gasteiger partial charge in [0.2, 0.25) is 0 Å². The zero-order valence-corrected chi connectivity index (χ0v) is 18.1. The maximum Gasteiger partial charge on any atom is 0.251 e. The lowest BCUT2D eigenvalue weighted by Crippen LogP contribution is -2.55. The van der Waals surface area contributed by atoms with Crippen LogP contribution in [0.25, 0.3) is 0 Å². The van der Waals surface area contributed by atoms with Crippen molar-refractivity contribution in [1.29, 1.82) is 0 Å². The van der Waals surface area contributed by atoms with Gasteiger partial charge in [0, 0.05) is 65.7 Å². The van der Waals surface area contributed by atoms with E-state index in [2.05, 4.69) is 60.4 Å². The van der Waals surface area contributed by atoms with E-state index in [-0.39, 0.29) is 12.0 Å². The zero-order chi connectivity index (χ0) is 20.6. The van der Waals surface area contributed by atoms with E-state index in [9.17, 15) is 4.79 Å². The Morgan fingerprint density at radius 2 is 1.86 bits per heavy atom. The van der Waals surface area contributed by atoms with Gasteiger partial charge in [0.15, 0.2) is 5.96 Å². The molecular weight excluding hydrogens is 366 g/mol. The molecule has 2 saturated heterocycles. The summed E-state index contributed by atoms with van der Waals surface area (Å²) in [6.07, 6.45) is 2.55. The summed E-state index contributed by atoms with van der Waals surface area (Å²) in [6, 6.07) is 8.64. The van der Waals surface area contributed by atoms with Crippen LogP contribution in [0.15, 0.2) is 29.3 Å². The van der Waals surface area contributed by atoms with Gasteiger partial charge in [0.25, 0.3) is 5.91 Å². The number of ether oxygens (including phenoxy) is 1. The van der Waals surface area contributed by atoms with E-state index in [1.165, 1.54) is 11.3 Å².